The van der Waals surface area contributed by atoms with Crippen molar-refractivity contribution >= 4 is 11.9 Å². The number of benzene rings is 1. The highest BCUT2D eigenvalue weighted by molar-refractivity contribution is 5.88. The van der Waals surface area contributed by atoms with Gasteiger partial charge in [0.1, 0.15) is 0 Å². The Balaban J connectivity index is 2.08. The van der Waals surface area contributed by atoms with Gasteiger partial charge < -0.3 is 10.0 Å². The van der Waals surface area contributed by atoms with Gasteiger partial charge in [-0.2, -0.15) is 0 Å². The molecule has 0 spiro atoms. The average Bonchev–Trinajstić information content (AvgIpc) is 2.78. The Labute approximate surface area is 106 Å². The molecule has 0 saturated heterocycles. The van der Waals surface area contributed by atoms with Crippen molar-refractivity contribution in [3.63, 3.8) is 0 Å². The third kappa shape index (κ3) is 2.53. The van der Waals surface area contributed by atoms with Crippen LogP contribution in [0.25, 0.3) is 0 Å². The van der Waals surface area contributed by atoms with Crippen LogP contribution in [0.3, 0.4) is 0 Å². The first kappa shape index (κ1) is 12.6. The van der Waals surface area contributed by atoms with Crippen LogP contribution in [0.4, 0.5) is 0 Å². The summed E-state index contributed by atoms with van der Waals surface area (Å²) in [5.74, 6) is -0.765. The summed E-state index contributed by atoms with van der Waals surface area (Å²) in [6.45, 7) is 3.21. The zero-order chi connectivity index (χ0) is 13.1. The lowest BCUT2D eigenvalue weighted by atomic mass is 10.1. The summed E-state index contributed by atoms with van der Waals surface area (Å²) in [5.41, 5.74) is 2.31. The molecule has 1 aliphatic heterocycles. The second-order valence-corrected chi connectivity index (χ2v) is 4.64. The number of unbranched alkanes of at least 4 members (excludes halogenated alkanes) is 1. The highest BCUT2D eigenvalue weighted by Crippen LogP contribution is 2.24. The molecule has 4 heteroatoms. The van der Waals surface area contributed by atoms with E-state index in [1.807, 2.05) is 6.07 Å². The minimum Gasteiger partial charge on any atom is -0.478 e. The molecule has 1 heterocycles. The maximum Gasteiger partial charge on any atom is 0.335 e. The maximum absolute atomic E-state index is 11.9. The van der Waals surface area contributed by atoms with E-state index in [0.717, 1.165) is 24.0 Å². The molecule has 1 aliphatic rings. The van der Waals surface area contributed by atoms with Crippen molar-refractivity contribution in [3.8, 4) is 0 Å². The standard InChI is InChI=1S/C14H17NO3/c1-2-3-4-13(16)15-8-11-6-5-10(14(17)18)7-12(11)9-15/h5-7H,2-4,8-9H2,1H3,(H,17,18). The van der Waals surface area contributed by atoms with Gasteiger partial charge in [-0.15, -0.1) is 0 Å². The Bertz CT molecular complexity index is 482. The van der Waals surface area contributed by atoms with Crippen molar-refractivity contribution in [3.05, 3.63) is 34.9 Å². The van der Waals surface area contributed by atoms with E-state index in [-0.39, 0.29) is 11.5 Å². The number of carbonyl (C=O) groups excluding carboxylic acids is 1. The van der Waals surface area contributed by atoms with E-state index in [1.165, 1.54) is 0 Å². The van der Waals surface area contributed by atoms with Gasteiger partial charge in [-0.25, -0.2) is 4.79 Å². The van der Waals surface area contributed by atoms with Crippen LogP contribution in [0.5, 0.6) is 0 Å². The predicted molar refractivity (Wildman–Crippen MR) is 67.2 cm³/mol. The third-order valence-electron chi connectivity index (χ3n) is 3.27. The van der Waals surface area contributed by atoms with Gasteiger partial charge in [-0.3, -0.25) is 4.79 Å². The highest BCUT2D eigenvalue weighted by atomic mass is 16.4. The molecule has 96 valence electrons. The quantitative estimate of drug-likeness (QED) is 0.888. The van der Waals surface area contributed by atoms with Crippen LogP contribution in [0.2, 0.25) is 0 Å². The molecule has 0 aliphatic carbocycles. The molecule has 1 aromatic rings. The second kappa shape index (κ2) is 5.21. The fraction of sp³-hybridized carbons (Fsp3) is 0.429. The monoisotopic (exact) mass is 247 g/mol. The highest BCUT2D eigenvalue weighted by Gasteiger charge is 2.23. The van der Waals surface area contributed by atoms with E-state index in [4.69, 9.17) is 5.11 Å². The number of carbonyl (C=O) groups is 2. The number of nitrogens with zero attached hydrogens (tertiary/aromatic N) is 1. The van der Waals surface area contributed by atoms with Gasteiger partial charge in [0.25, 0.3) is 0 Å². The number of fused-ring (bicyclic) bond motifs is 1. The number of hydrogen-bond donors (Lipinski definition) is 1. The lowest BCUT2D eigenvalue weighted by Crippen LogP contribution is -2.24. The fourth-order valence-electron chi connectivity index (χ4n) is 2.19. The minimum atomic E-state index is -0.923. The second-order valence-electron chi connectivity index (χ2n) is 4.64. The summed E-state index contributed by atoms with van der Waals surface area (Å²) in [6, 6.07) is 5.08. The molecule has 4 nitrogen and oxygen atoms in total. The first-order chi connectivity index (χ1) is 8.61. The summed E-state index contributed by atoms with van der Waals surface area (Å²) >= 11 is 0. The SMILES string of the molecule is CCCCC(=O)N1Cc2ccc(C(=O)O)cc2C1. The van der Waals surface area contributed by atoms with Gasteiger partial charge in [0.05, 0.1) is 5.56 Å². The van der Waals surface area contributed by atoms with Crippen molar-refractivity contribution in [2.45, 2.75) is 39.3 Å². The van der Waals surface area contributed by atoms with Crippen LogP contribution >= 0.6 is 0 Å². The van der Waals surface area contributed by atoms with E-state index in [9.17, 15) is 9.59 Å². The molecule has 0 saturated carbocycles. The molecule has 0 radical (unpaired) electrons. The lowest BCUT2D eigenvalue weighted by molar-refractivity contribution is -0.131. The normalized spacial score (nSPS) is 13.5. The number of hydrogen-bond acceptors (Lipinski definition) is 2. The van der Waals surface area contributed by atoms with Gasteiger partial charge in [0, 0.05) is 19.5 Å². The Morgan fingerprint density at radius 3 is 2.67 bits per heavy atom. The third-order valence-corrected chi connectivity index (χ3v) is 3.27. The Morgan fingerprint density at radius 2 is 2.00 bits per heavy atom. The molecule has 2 rings (SSSR count). The van der Waals surface area contributed by atoms with Crippen molar-refractivity contribution in [1.29, 1.82) is 0 Å². The molecule has 0 unspecified atom stereocenters. The first-order valence-corrected chi connectivity index (χ1v) is 6.24. The van der Waals surface area contributed by atoms with Crippen molar-refractivity contribution in [2.24, 2.45) is 0 Å². The van der Waals surface area contributed by atoms with Crippen molar-refractivity contribution < 1.29 is 14.7 Å². The summed E-state index contributed by atoms with van der Waals surface area (Å²) in [4.78, 5) is 24.6. The van der Waals surface area contributed by atoms with Gasteiger partial charge >= 0.3 is 5.97 Å². The topological polar surface area (TPSA) is 57.6 Å². The van der Waals surface area contributed by atoms with Crippen LogP contribution in [0.1, 0.15) is 47.7 Å². The largest absolute Gasteiger partial charge is 0.478 e. The lowest BCUT2D eigenvalue weighted by Gasteiger charge is -2.14. The fourth-order valence-corrected chi connectivity index (χ4v) is 2.19. The molecule has 0 bridgehead atoms. The Morgan fingerprint density at radius 1 is 1.28 bits per heavy atom. The van der Waals surface area contributed by atoms with E-state index in [1.54, 1.807) is 17.0 Å². The average molecular weight is 247 g/mol. The summed E-state index contributed by atoms with van der Waals surface area (Å²) in [6.07, 6.45) is 2.50. The van der Waals surface area contributed by atoms with Crippen molar-refractivity contribution in [1.82, 2.24) is 4.90 Å². The van der Waals surface area contributed by atoms with Gasteiger partial charge in [-0.05, 0) is 29.7 Å². The van der Waals surface area contributed by atoms with Gasteiger partial charge in [-0.1, -0.05) is 19.4 Å². The zero-order valence-corrected chi connectivity index (χ0v) is 10.5. The predicted octanol–water partition coefficient (Wildman–Crippen LogP) is 2.42. The van der Waals surface area contributed by atoms with Crippen LogP contribution in [-0.4, -0.2) is 21.9 Å². The molecule has 1 amide bonds. The maximum atomic E-state index is 11.9. The van der Waals surface area contributed by atoms with Crippen LogP contribution in [0, 0.1) is 0 Å². The number of carboxylic acids is 1. The Kier molecular flexibility index (Phi) is 3.65. The van der Waals surface area contributed by atoms with Crippen LogP contribution in [-0.2, 0) is 17.9 Å². The molecule has 0 atom stereocenters. The van der Waals surface area contributed by atoms with E-state index in [2.05, 4.69) is 6.92 Å². The first-order valence-electron chi connectivity index (χ1n) is 6.24. The van der Waals surface area contributed by atoms with Crippen LogP contribution in [0.15, 0.2) is 18.2 Å². The zero-order valence-electron chi connectivity index (χ0n) is 10.5. The van der Waals surface area contributed by atoms with Gasteiger partial charge in [0.15, 0.2) is 0 Å². The smallest absolute Gasteiger partial charge is 0.335 e. The molecular weight excluding hydrogens is 230 g/mol. The summed E-state index contributed by atoms with van der Waals surface area (Å²) < 4.78 is 0. The molecule has 1 aromatic carbocycles. The molecule has 1 N–H and O–H groups in total. The Hall–Kier alpha value is -1.84. The van der Waals surface area contributed by atoms with E-state index >= 15 is 0 Å². The molecule has 0 fully saturated rings. The minimum absolute atomic E-state index is 0.157. The van der Waals surface area contributed by atoms with Gasteiger partial charge in [0.2, 0.25) is 5.91 Å². The molecular formula is C14H17NO3. The van der Waals surface area contributed by atoms with Crippen LogP contribution < -0.4 is 0 Å². The van der Waals surface area contributed by atoms with Crippen molar-refractivity contribution in [2.75, 3.05) is 0 Å². The molecule has 18 heavy (non-hydrogen) atoms. The number of rotatable bonds is 4. The van der Waals surface area contributed by atoms with E-state index < -0.39 is 5.97 Å². The summed E-state index contributed by atoms with van der Waals surface area (Å²) in [7, 11) is 0. The summed E-state index contributed by atoms with van der Waals surface area (Å²) in [5, 5.41) is 8.93. The number of carboxylic acid groups (broad SMARTS) is 1. The number of amides is 1. The van der Waals surface area contributed by atoms with E-state index in [0.29, 0.717) is 19.5 Å². The number of aromatic carboxylic acids is 1. The molecule has 0 aromatic heterocycles.